The van der Waals surface area contributed by atoms with Gasteiger partial charge in [0.2, 0.25) is 0 Å². The molecule has 1 N–H and O–H groups in total. The number of aromatic nitrogens is 1. The van der Waals surface area contributed by atoms with Gasteiger partial charge in [-0.25, -0.2) is 4.79 Å². The maximum absolute atomic E-state index is 11.8. The number of nitrogens with zero attached hydrogens (tertiary/aromatic N) is 2. The second-order valence-corrected chi connectivity index (χ2v) is 4.84. The zero-order chi connectivity index (χ0) is 14.8. The first-order valence-corrected chi connectivity index (χ1v) is 6.68. The molecule has 1 aliphatic rings. The van der Waals surface area contributed by atoms with Gasteiger partial charge in [0.1, 0.15) is 5.56 Å². The van der Waals surface area contributed by atoms with E-state index in [-0.39, 0.29) is 23.8 Å². The summed E-state index contributed by atoms with van der Waals surface area (Å²) in [5.41, 5.74) is 0.619. The van der Waals surface area contributed by atoms with E-state index in [1.165, 1.54) is 6.20 Å². The van der Waals surface area contributed by atoms with Gasteiger partial charge in [0.05, 0.1) is 11.7 Å². The predicted molar refractivity (Wildman–Crippen MR) is 75.4 cm³/mol. The summed E-state index contributed by atoms with van der Waals surface area (Å²) >= 11 is 0. The SMILES string of the molecule is O=C(O)c1c(OCC(=O)N2CCC2)cnc2ccccc12. The Hall–Kier alpha value is -2.63. The summed E-state index contributed by atoms with van der Waals surface area (Å²) in [6.07, 6.45) is 2.36. The van der Waals surface area contributed by atoms with Crippen molar-refractivity contribution in [3.05, 3.63) is 36.0 Å². The molecule has 1 fully saturated rings. The first kappa shape index (κ1) is 13.4. The number of hydrogen-bond acceptors (Lipinski definition) is 4. The highest BCUT2D eigenvalue weighted by Crippen LogP contribution is 2.26. The minimum atomic E-state index is -1.10. The van der Waals surface area contributed by atoms with Gasteiger partial charge >= 0.3 is 5.97 Å². The van der Waals surface area contributed by atoms with E-state index in [9.17, 15) is 14.7 Å². The fourth-order valence-corrected chi connectivity index (χ4v) is 2.25. The normalized spacial score (nSPS) is 13.8. The second-order valence-electron chi connectivity index (χ2n) is 4.84. The van der Waals surface area contributed by atoms with Crippen LogP contribution in [0.5, 0.6) is 5.75 Å². The summed E-state index contributed by atoms with van der Waals surface area (Å²) in [5, 5.41) is 9.89. The zero-order valence-electron chi connectivity index (χ0n) is 11.3. The second kappa shape index (κ2) is 5.40. The fourth-order valence-electron chi connectivity index (χ4n) is 2.25. The van der Waals surface area contributed by atoms with Crippen LogP contribution in [-0.4, -0.2) is 46.6 Å². The lowest BCUT2D eigenvalue weighted by atomic mass is 10.1. The van der Waals surface area contributed by atoms with Crippen molar-refractivity contribution in [3.8, 4) is 5.75 Å². The Morgan fingerprint density at radius 2 is 2.05 bits per heavy atom. The maximum Gasteiger partial charge on any atom is 0.340 e. The standard InChI is InChI=1S/C15H14N2O4/c18-13(17-6-3-7-17)9-21-12-8-16-11-5-2-1-4-10(11)14(12)15(19)20/h1-2,4-5,8H,3,6-7,9H2,(H,19,20). The molecule has 108 valence electrons. The van der Waals surface area contributed by atoms with Crippen molar-refractivity contribution in [2.24, 2.45) is 0 Å². The molecule has 0 unspecified atom stereocenters. The molecule has 1 saturated heterocycles. The molecule has 1 aromatic heterocycles. The van der Waals surface area contributed by atoms with E-state index < -0.39 is 5.97 Å². The summed E-state index contributed by atoms with van der Waals surface area (Å²) in [5.74, 6) is -1.11. The van der Waals surface area contributed by atoms with Gasteiger partial charge in [0.15, 0.2) is 12.4 Å². The highest BCUT2D eigenvalue weighted by Gasteiger charge is 2.22. The zero-order valence-corrected chi connectivity index (χ0v) is 11.3. The number of benzene rings is 1. The van der Waals surface area contributed by atoms with Gasteiger partial charge in [0, 0.05) is 18.5 Å². The van der Waals surface area contributed by atoms with Crippen molar-refractivity contribution < 1.29 is 19.4 Å². The summed E-state index contributed by atoms with van der Waals surface area (Å²) < 4.78 is 5.39. The summed E-state index contributed by atoms with van der Waals surface area (Å²) in [6, 6.07) is 6.94. The average molecular weight is 286 g/mol. The first-order valence-electron chi connectivity index (χ1n) is 6.68. The smallest absolute Gasteiger partial charge is 0.340 e. The highest BCUT2D eigenvalue weighted by molar-refractivity contribution is 6.04. The van der Waals surface area contributed by atoms with Gasteiger partial charge in [-0.05, 0) is 12.5 Å². The number of ether oxygens (including phenoxy) is 1. The van der Waals surface area contributed by atoms with Crippen LogP contribution in [-0.2, 0) is 4.79 Å². The number of carbonyl (C=O) groups excluding carboxylic acids is 1. The number of rotatable bonds is 4. The minimum Gasteiger partial charge on any atom is -0.481 e. The molecule has 21 heavy (non-hydrogen) atoms. The molecule has 2 aromatic rings. The van der Waals surface area contributed by atoms with E-state index in [0.717, 1.165) is 19.5 Å². The molecule has 6 nitrogen and oxygen atoms in total. The third-order valence-electron chi connectivity index (χ3n) is 3.51. The van der Waals surface area contributed by atoms with E-state index in [1.807, 2.05) is 0 Å². The van der Waals surface area contributed by atoms with Crippen molar-refractivity contribution in [2.75, 3.05) is 19.7 Å². The number of carboxylic acid groups (broad SMARTS) is 1. The Labute approximate surface area is 121 Å². The van der Waals surface area contributed by atoms with Gasteiger partial charge in [-0.2, -0.15) is 0 Å². The molecule has 6 heteroatoms. The largest absolute Gasteiger partial charge is 0.481 e. The van der Waals surface area contributed by atoms with Crippen molar-refractivity contribution in [2.45, 2.75) is 6.42 Å². The molecule has 1 aromatic carbocycles. The number of fused-ring (bicyclic) bond motifs is 1. The molecule has 0 spiro atoms. The van der Waals surface area contributed by atoms with Crippen molar-refractivity contribution >= 4 is 22.8 Å². The molecular weight excluding hydrogens is 272 g/mol. The van der Waals surface area contributed by atoms with Gasteiger partial charge in [-0.3, -0.25) is 9.78 Å². The fraction of sp³-hybridized carbons (Fsp3) is 0.267. The number of amides is 1. The van der Waals surface area contributed by atoms with Crippen LogP contribution >= 0.6 is 0 Å². The first-order chi connectivity index (χ1) is 10.2. The third kappa shape index (κ3) is 2.52. The van der Waals surface area contributed by atoms with Crippen LogP contribution in [0.4, 0.5) is 0 Å². The van der Waals surface area contributed by atoms with Crippen LogP contribution in [0.2, 0.25) is 0 Å². The van der Waals surface area contributed by atoms with Crippen LogP contribution in [0, 0.1) is 0 Å². The van der Waals surface area contributed by atoms with Gasteiger partial charge in [-0.15, -0.1) is 0 Å². The lowest BCUT2D eigenvalue weighted by Crippen LogP contribution is -2.44. The van der Waals surface area contributed by atoms with E-state index in [0.29, 0.717) is 10.9 Å². The number of likely N-dealkylation sites (tertiary alicyclic amines) is 1. The molecule has 0 atom stereocenters. The Morgan fingerprint density at radius 3 is 2.71 bits per heavy atom. The number of aromatic carboxylic acids is 1. The van der Waals surface area contributed by atoms with Crippen LogP contribution in [0.15, 0.2) is 30.5 Å². The van der Waals surface area contributed by atoms with Crippen LogP contribution in [0.25, 0.3) is 10.9 Å². The topological polar surface area (TPSA) is 79.7 Å². The molecule has 2 heterocycles. The number of carbonyl (C=O) groups is 2. The Morgan fingerprint density at radius 1 is 1.29 bits per heavy atom. The number of pyridine rings is 1. The summed E-state index contributed by atoms with van der Waals surface area (Å²) in [4.78, 5) is 29.1. The predicted octanol–water partition coefficient (Wildman–Crippen LogP) is 1.54. The molecule has 0 aliphatic carbocycles. The van der Waals surface area contributed by atoms with Crippen molar-refractivity contribution in [1.82, 2.24) is 9.88 Å². The molecule has 0 bridgehead atoms. The van der Waals surface area contributed by atoms with Crippen LogP contribution < -0.4 is 4.74 Å². The van der Waals surface area contributed by atoms with E-state index in [2.05, 4.69) is 4.98 Å². The lowest BCUT2D eigenvalue weighted by Gasteiger charge is -2.30. The van der Waals surface area contributed by atoms with E-state index in [4.69, 9.17) is 4.74 Å². The van der Waals surface area contributed by atoms with E-state index >= 15 is 0 Å². The van der Waals surface area contributed by atoms with Crippen LogP contribution in [0.3, 0.4) is 0 Å². The quantitative estimate of drug-likeness (QED) is 0.922. The molecule has 3 rings (SSSR count). The van der Waals surface area contributed by atoms with Gasteiger partial charge < -0.3 is 14.7 Å². The summed E-state index contributed by atoms with van der Waals surface area (Å²) in [7, 11) is 0. The van der Waals surface area contributed by atoms with Gasteiger partial charge in [0.25, 0.3) is 5.91 Å². The molecule has 1 aliphatic heterocycles. The molecule has 0 saturated carbocycles. The molecule has 0 radical (unpaired) electrons. The van der Waals surface area contributed by atoms with Gasteiger partial charge in [-0.1, -0.05) is 18.2 Å². The lowest BCUT2D eigenvalue weighted by molar-refractivity contribution is -0.136. The number of para-hydroxylation sites is 1. The average Bonchev–Trinajstić information content (AvgIpc) is 2.42. The van der Waals surface area contributed by atoms with Crippen molar-refractivity contribution in [1.29, 1.82) is 0 Å². The summed E-state index contributed by atoms with van der Waals surface area (Å²) in [6.45, 7) is 1.31. The van der Waals surface area contributed by atoms with E-state index in [1.54, 1.807) is 29.2 Å². The minimum absolute atomic E-state index is 0.0389. The third-order valence-corrected chi connectivity index (χ3v) is 3.51. The Bertz CT molecular complexity index is 710. The molecule has 1 amide bonds. The number of carboxylic acids is 1. The van der Waals surface area contributed by atoms with Crippen LogP contribution in [0.1, 0.15) is 16.8 Å². The maximum atomic E-state index is 11.8. The Balaban J connectivity index is 1.88. The number of hydrogen-bond donors (Lipinski definition) is 1. The van der Waals surface area contributed by atoms with Crippen molar-refractivity contribution in [3.63, 3.8) is 0 Å². The Kier molecular flexibility index (Phi) is 3.43. The highest BCUT2D eigenvalue weighted by atomic mass is 16.5. The monoisotopic (exact) mass is 286 g/mol. The molecular formula is C15H14N2O4.